The van der Waals surface area contributed by atoms with Gasteiger partial charge in [-0.3, -0.25) is 9.69 Å². The van der Waals surface area contributed by atoms with Gasteiger partial charge in [0.1, 0.15) is 5.78 Å². The molecule has 14 heavy (non-hydrogen) atoms. The smallest absolute Gasteiger partial charge is 0.134 e. The molecule has 3 aliphatic rings. The van der Waals surface area contributed by atoms with Gasteiger partial charge in [0.2, 0.25) is 0 Å². The molecular weight excluding hydrogens is 194 g/mol. The molecule has 2 nitrogen and oxygen atoms in total. The first kappa shape index (κ1) is 9.22. The van der Waals surface area contributed by atoms with Gasteiger partial charge in [0.25, 0.3) is 0 Å². The van der Waals surface area contributed by atoms with Crippen LogP contribution in [0.25, 0.3) is 0 Å². The van der Waals surface area contributed by atoms with Gasteiger partial charge >= 0.3 is 0 Å². The highest BCUT2D eigenvalue weighted by Gasteiger charge is 2.42. The number of thioether (sulfide) groups is 1. The third kappa shape index (κ3) is 1.50. The minimum Gasteiger partial charge on any atom is -0.300 e. The van der Waals surface area contributed by atoms with E-state index in [1.54, 1.807) is 0 Å². The first-order valence-electron chi connectivity index (χ1n) is 5.72. The number of Topliss-reactive ketones (excluding diaryl/α,β-unsaturated/α-hetero) is 1. The summed E-state index contributed by atoms with van der Waals surface area (Å²) in [4.78, 5) is 14.0. The van der Waals surface area contributed by atoms with Crippen LogP contribution in [-0.2, 0) is 4.79 Å². The number of hydrogen-bond acceptors (Lipinski definition) is 3. The highest BCUT2D eigenvalue weighted by molar-refractivity contribution is 8.00. The van der Waals surface area contributed by atoms with E-state index in [2.05, 4.69) is 16.7 Å². The number of nitrogens with zero attached hydrogens (tertiary/aromatic N) is 1. The van der Waals surface area contributed by atoms with Gasteiger partial charge in [-0.25, -0.2) is 0 Å². The van der Waals surface area contributed by atoms with Gasteiger partial charge in [-0.05, 0) is 19.3 Å². The lowest BCUT2D eigenvalue weighted by atomic mass is 9.93. The minimum atomic E-state index is 0.497. The Bertz CT molecular complexity index is 256. The predicted octanol–water partition coefficient (Wildman–Crippen LogP) is 1.69. The molecule has 1 aliphatic carbocycles. The van der Waals surface area contributed by atoms with Crippen LogP contribution in [0.5, 0.6) is 0 Å². The Hall–Kier alpha value is -0.0200. The van der Waals surface area contributed by atoms with Crippen LogP contribution in [0.4, 0.5) is 0 Å². The van der Waals surface area contributed by atoms with Crippen LogP contribution in [0.15, 0.2) is 0 Å². The van der Waals surface area contributed by atoms with Crippen LogP contribution >= 0.6 is 11.8 Å². The Kier molecular flexibility index (Phi) is 2.32. The second-order valence-electron chi connectivity index (χ2n) is 4.83. The van der Waals surface area contributed by atoms with Crippen molar-refractivity contribution in [2.45, 2.75) is 49.4 Å². The molecule has 2 saturated heterocycles. The largest absolute Gasteiger partial charge is 0.300 e. The fourth-order valence-electron chi connectivity index (χ4n) is 3.16. The van der Waals surface area contributed by atoms with Crippen molar-refractivity contribution in [1.82, 2.24) is 4.90 Å². The summed E-state index contributed by atoms with van der Waals surface area (Å²) in [5.74, 6) is 1.81. The molecule has 0 aromatic heterocycles. The lowest BCUT2D eigenvalue weighted by Crippen LogP contribution is -2.44. The molecule has 1 saturated carbocycles. The molecule has 0 amide bonds. The van der Waals surface area contributed by atoms with E-state index in [0.717, 1.165) is 30.6 Å². The number of carbonyl (C=O) groups excluding carboxylic acids is 1. The molecular formula is C11H17NOS. The summed E-state index contributed by atoms with van der Waals surface area (Å²) in [5, 5.41) is 0.886. The zero-order valence-corrected chi connectivity index (χ0v) is 9.26. The van der Waals surface area contributed by atoms with Gasteiger partial charge < -0.3 is 0 Å². The minimum absolute atomic E-state index is 0.497. The molecule has 3 rings (SSSR count). The monoisotopic (exact) mass is 211 g/mol. The maximum Gasteiger partial charge on any atom is 0.134 e. The first-order chi connectivity index (χ1) is 6.83. The summed E-state index contributed by atoms with van der Waals surface area (Å²) < 4.78 is 0. The first-order valence-corrected chi connectivity index (χ1v) is 6.77. The van der Waals surface area contributed by atoms with E-state index in [1.165, 1.54) is 25.1 Å². The van der Waals surface area contributed by atoms with E-state index in [4.69, 9.17) is 0 Å². The molecule has 0 radical (unpaired) electrons. The van der Waals surface area contributed by atoms with Crippen LogP contribution in [0, 0.1) is 0 Å². The summed E-state index contributed by atoms with van der Waals surface area (Å²) in [6, 6.07) is 1.41. The normalized spacial score (nSPS) is 43.4. The topological polar surface area (TPSA) is 20.3 Å². The Labute approximate surface area is 89.4 Å². The lowest BCUT2D eigenvalue weighted by Gasteiger charge is -2.36. The second-order valence-corrected chi connectivity index (χ2v) is 6.16. The van der Waals surface area contributed by atoms with Gasteiger partial charge in [0, 0.05) is 42.5 Å². The third-order valence-electron chi connectivity index (χ3n) is 3.87. The molecule has 3 unspecified atom stereocenters. The highest BCUT2D eigenvalue weighted by atomic mass is 32.2. The number of rotatable bonds is 1. The van der Waals surface area contributed by atoms with E-state index in [9.17, 15) is 4.79 Å². The number of likely N-dealkylation sites (tertiary alicyclic amines) is 1. The van der Waals surface area contributed by atoms with Crippen LogP contribution in [0.3, 0.4) is 0 Å². The van der Waals surface area contributed by atoms with Crippen molar-refractivity contribution in [2.24, 2.45) is 0 Å². The van der Waals surface area contributed by atoms with Crippen molar-refractivity contribution in [3.8, 4) is 0 Å². The maximum absolute atomic E-state index is 11.4. The Morgan fingerprint density at radius 3 is 2.93 bits per heavy atom. The summed E-state index contributed by atoms with van der Waals surface area (Å²) in [5.41, 5.74) is 0. The van der Waals surface area contributed by atoms with E-state index in [-0.39, 0.29) is 0 Å². The Balaban J connectivity index is 1.67. The van der Waals surface area contributed by atoms with Gasteiger partial charge in [0.05, 0.1) is 0 Å². The molecule has 0 aromatic carbocycles. The van der Waals surface area contributed by atoms with Crippen LogP contribution < -0.4 is 0 Å². The summed E-state index contributed by atoms with van der Waals surface area (Å²) >= 11 is 2.13. The maximum atomic E-state index is 11.4. The van der Waals surface area contributed by atoms with Crippen LogP contribution in [-0.4, -0.2) is 40.3 Å². The van der Waals surface area contributed by atoms with Gasteiger partial charge in [-0.15, -0.1) is 0 Å². The van der Waals surface area contributed by atoms with Gasteiger partial charge in [-0.1, -0.05) is 0 Å². The molecule has 3 heteroatoms. The van der Waals surface area contributed by atoms with Crippen molar-refractivity contribution in [3.05, 3.63) is 0 Å². The lowest BCUT2D eigenvalue weighted by molar-refractivity contribution is -0.122. The third-order valence-corrected chi connectivity index (χ3v) is 5.26. The van der Waals surface area contributed by atoms with E-state index < -0.39 is 0 Å². The van der Waals surface area contributed by atoms with Crippen molar-refractivity contribution in [2.75, 3.05) is 12.3 Å². The second kappa shape index (κ2) is 3.53. The molecule has 0 N–H and O–H groups in total. The summed E-state index contributed by atoms with van der Waals surface area (Å²) in [6.45, 7) is 1.26. The van der Waals surface area contributed by atoms with Gasteiger partial charge in [-0.2, -0.15) is 11.8 Å². The molecule has 2 heterocycles. The fourth-order valence-corrected chi connectivity index (χ4v) is 4.62. The van der Waals surface area contributed by atoms with E-state index >= 15 is 0 Å². The zero-order valence-electron chi connectivity index (χ0n) is 8.45. The van der Waals surface area contributed by atoms with E-state index in [0.29, 0.717) is 11.8 Å². The molecule has 2 aliphatic heterocycles. The highest BCUT2D eigenvalue weighted by Crippen LogP contribution is 2.40. The van der Waals surface area contributed by atoms with Crippen molar-refractivity contribution >= 4 is 17.5 Å². The SMILES string of the molecule is O=C1CCCC(N2CC3CC2CS3)C1. The molecule has 3 fully saturated rings. The van der Waals surface area contributed by atoms with Crippen molar-refractivity contribution in [1.29, 1.82) is 0 Å². The average Bonchev–Trinajstić information content (AvgIpc) is 2.78. The Morgan fingerprint density at radius 2 is 2.29 bits per heavy atom. The zero-order chi connectivity index (χ0) is 9.54. The number of fused-ring (bicyclic) bond motifs is 2. The summed E-state index contributed by atoms with van der Waals surface area (Å²) in [6.07, 6.45) is 5.46. The molecule has 0 spiro atoms. The van der Waals surface area contributed by atoms with Crippen LogP contribution in [0.1, 0.15) is 32.1 Å². The standard InChI is InChI=1S/C11H17NOS/c13-10-3-1-2-8(4-10)12-6-11-5-9(12)7-14-11/h8-9,11H,1-7H2. The fraction of sp³-hybridized carbons (Fsp3) is 0.909. The van der Waals surface area contributed by atoms with Crippen molar-refractivity contribution in [3.63, 3.8) is 0 Å². The van der Waals surface area contributed by atoms with Crippen molar-refractivity contribution < 1.29 is 4.79 Å². The molecule has 0 aromatic rings. The van der Waals surface area contributed by atoms with Gasteiger partial charge in [0.15, 0.2) is 0 Å². The number of carbonyl (C=O) groups is 1. The average molecular weight is 211 g/mol. The van der Waals surface area contributed by atoms with E-state index in [1.807, 2.05) is 0 Å². The number of ketones is 1. The van der Waals surface area contributed by atoms with Crippen LogP contribution in [0.2, 0.25) is 0 Å². The number of hydrogen-bond donors (Lipinski definition) is 0. The molecule has 2 bridgehead atoms. The predicted molar refractivity (Wildman–Crippen MR) is 58.6 cm³/mol. The molecule has 78 valence electrons. The molecule has 3 atom stereocenters. The Morgan fingerprint density at radius 1 is 1.36 bits per heavy atom. The summed E-state index contributed by atoms with van der Waals surface area (Å²) in [7, 11) is 0. The quantitative estimate of drug-likeness (QED) is 0.658.